The van der Waals surface area contributed by atoms with Crippen molar-refractivity contribution in [2.45, 2.75) is 46.3 Å². The fourth-order valence-electron chi connectivity index (χ4n) is 4.22. The van der Waals surface area contributed by atoms with Gasteiger partial charge in [0, 0.05) is 49.2 Å². The molecule has 2 aromatic heterocycles. The summed E-state index contributed by atoms with van der Waals surface area (Å²) >= 11 is 0. The normalized spacial score (nSPS) is 14.8. The van der Waals surface area contributed by atoms with E-state index in [0.717, 1.165) is 51.2 Å². The number of aromatic amines is 1. The van der Waals surface area contributed by atoms with Crippen LogP contribution in [0.4, 0.5) is 4.79 Å². The molecule has 0 bridgehead atoms. The molecule has 0 spiro atoms. The Morgan fingerprint density at radius 3 is 2.81 bits per heavy atom. The largest absolute Gasteiger partial charge is 0.444 e. The summed E-state index contributed by atoms with van der Waals surface area (Å²) in [6, 6.07) is 6.53. The van der Waals surface area contributed by atoms with Crippen molar-refractivity contribution in [1.29, 1.82) is 0 Å². The molecular weight excluding hydrogens is 404 g/mol. The lowest BCUT2D eigenvalue weighted by atomic mass is 9.99. The van der Waals surface area contributed by atoms with Gasteiger partial charge in [0.2, 0.25) is 0 Å². The summed E-state index contributed by atoms with van der Waals surface area (Å²) in [6.45, 7) is 13.2. The van der Waals surface area contributed by atoms with Crippen LogP contribution in [-0.2, 0) is 17.7 Å². The number of rotatable bonds is 8. The Morgan fingerprint density at radius 2 is 2.12 bits per heavy atom. The molecule has 32 heavy (non-hydrogen) atoms. The lowest BCUT2D eigenvalue weighted by Gasteiger charge is -2.41. The molecule has 3 aromatic rings. The van der Waals surface area contributed by atoms with E-state index < -0.39 is 5.60 Å². The van der Waals surface area contributed by atoms with Crippen molar-refractivity contribution in [2.75, 3.05) is 32.7 Å². The minimum absolute atomic E-state index is 0.197. The summed E-state index contributed by atoms with van der Waals surface area (Å²) < 4.78 is 7.30. The molecule has 1 fully saturated rings. The van der Waals surface area contributed by atoms with Gasteiger partial charge in [-0.25, -0.2) is 14.5 Å². The molecule has 1 aromatic carbocycles. The maximum Gasteiger partial charge on any atom is 0.410 e. The van der Waals surface area contributed by atoms with Crippen molar-refractivity contribution < 1.29 is 9.53 Å². The molecule has 1 saturated heterocycles. The number of likely N-dealkylation sites (tertiary alicyclic amines) is 1. The first-order chi connectivity index (χ1) is 15.3. The van der Waals surface area contributed by atoms with Gasteiger partial charge in [-0.1, -0.05) is 13.0 Å². The average Bonchev–Trinajstić information content (AvgIpc) is 3.35. The second kappa shape index (κ2) is 9.32. The van der Waals surface area contributed by atoms with Crippen molar-refractivity contribution >= 4 is 17.0 Å². The summed E-state index contributed by atoms with van der Waals surface area (Å²) in [6.07, 6.45) is 6.23. The van der Waals surface area contributed by atoms with Gasteiger partial charge in [0.1, 0.15) is 18.3 Å². The zero-order chi connectivity index (χ0) is 22.7. The Balaban J connectivity index is 1.30. The highest BCUT2D eigenvalue weighted by Crippen LogP contribution is 2.23. The highest BCUT2D eigenvalue weighted by atomic mass is 16.6. The van der Waals surface area contributed by atoms with Crippen molar-refractivity contribution in [3.05, 3.63) is 48.2 Å². The molecule has 172 valence electrons. The van der Waals surface area contributed by atoms with Crippen LogP contribution in [0.2, 0.25) is 0 Å². The molecule has 4 rings (SSSR count). The molecule has 8 nitrogen and oxygen atoms in total. The third kappa shape index (κ3) is 5.48. The van der Waals surface area contributed by atoms with E-state index in [1.54, 1.807) is 17.6 Å². The van der Waals surface area contributed by atoms with Gasteiger partial charge < -0.3 is 19.5 Å². The molecule has 0 aliphatic carbocycles. The molecule has 8 heteroatoms. The summed E-state index contributed by atoms with van der Waals surface area (Å²) in [7, 11) is 0. The van der Waals surface area contributed by atoms with E-state index in [4.69, 9.17) is 4.74 Å². The average molecular weight is 439 g/mol. The number of fused-ring (bicyclic) bond motifs is 1. The second-order valence-electron chi connectivity index (χ2n) is 9.68. The molecule has 0 saturated carbocycles. The first kappa shape index (κ1) is 22.3. The first-order valence-corrected chi connectivity index (χ1v) is 11.4. The first-order valence-electron chi connectivity index (χ1n) is 11.4. The van der Waals surface area contributed by atoms with Crippen LogP contribution in [0, 0.1) is 5.92 Å². The van der Waals surface area contributed by atoms with Gasteiger partial charge in [0.25, 0.3) is 0 Å². The number of aromatic nitrogens is 4. The molecule has 1 aliphatic rings. The highest BCUT2D eigenvalue weighted by molar-refractivity contribution is 5.83. The van der Waals surface area contributed by atoms with Crippen LogP contribution < -0.4 is 0 Å². The van der Waals surface area contributed by atoms with Crippen molar-refractivity contribution in [3.63, 3.8) is 0 Å². The molecule has 0 unspecified atom stereocenters. The van der Waals surface area contributed by atoms with Crippen molar-refractivity contribution in [3.8, 4) is 0 Å². The van der Waals surface area contributed by atoms with Crippen LogP contribution in [0.5, 0.6) is 0 Å². The molecule has 1 aliphatic heterocycles. The number of nitrogens with one attached hydrogen (secondary N) is 1. The monoisotopic (exact) mass is 438 g/mol. The number of nitrogens with zero attached hydrogens (tertiary/aromatic N) is 5. The van der Waals surface area contributed by atoms with Gasteiger partial charge in [-0.3, -0.25) is 0 Å². The van der Waals surface area contributed by atoms with E-state index in [-0.39, 0.29) is 6.09 Å². The molecule has 3 heterocycles. The smallest absolute Gasteiger partial charge is 0.410 e. The number of amides is 1. The molecule has 1 amide bonds. The Bertz CT molecular complexity index is 1030. The topological polar surface area (TPSA) is 79.3 Å². The van der Waals surface area contributed by atoms with E-state index in [1.807, 2.05) is 25.5 Å². The Hall–Kier alpha value is -2.87. The summed E-state index contributed by atoms with van der Waals surface area (Å²) in [5, 5.41) is 5.48. The number of hydrogen-bond donors (Lipinski definition) is 1. The van der Waals surface area contributed by atoms with Gasteiger partial charge in [-0.05, 0) is 57.0 Å². The minimum Gasteiger partial charge on any atom is -0.444 e. The minimum atomic E-state index is -0.438. The summed E-state index contributed by atoms with van der Waals surface area (Å²) in [5.74, 6) is 0.514. The highest BCUT2D eigenvalue weighted by Gasteiger charge is 2.34. The third-order valence-electron chi connectivity index (χ3n) is 5.91. The fraction of sp³-hybridized carbons (Fsp3) is 0.542. The summed E-state index contributed by atoms with van der Waals surface area (Å²) in [4.78, 5) is 23.9. The van der Waals surface area contributed by atoms with E-state index in [9.17, 15) is 4.79 Å². The third-order valence-corrected chi connectivity index (χ3v) is 5.91. The maximum atomic E-state index is 12.2. The van der Waals surface area contributed by atoms with E-state index in [2.05, 4.69) is 51.3 Å². The van der Waals surface area contributed by atoms with Gasteiger partial charge in [-0.15, -0.1) is 0 Å². The number of ether oxygens (including phenoxy) is 1. The second-order valence-corrected chi connectivity index (χ2v) is 9.68. The summed E-state index contributed by atoms with van der Waals surface area (Å²) in [5.41, 5.74) is 3.28. The van der Waals surface area contributed by atoms with Crippen LogP contribution >= 0.6 is 0 Å². The van der Waals surface area contributed by atoms with Crippen LogP contribution in [0.3, 0.4) is 0 Å². The van der Waals surface area contributed by atoms with E-state index in [0.29, 0.717) is 5.92 Å². The Labute approximate surface area is 189 Å². The van der Waals surface area contributed by atoms with Crippen LogP contribution in [-0.4, -0.2) is 74.0 Å². The number of H-pyrrole nitrogens is 1. The lowest BCUT2D eigenvalue weighted by molar-refractivity contribution is -0.00604. The quantitative estimate of drug-likeness (QED) is 0.582. The van der Waals surface area contributed by atoms with Crippen molar-refractivity contribution in [2.24, 2.45) is 5.92 Å². The maximum absolute atomic E-state index is 12.2. The molecule has 0 atom stereocenters. The molecule has 0 radical (unpaired) electrons. The SMILES string of the molecule is CCN(CCc1c[nH]c2ccc(Cn3cncn3)cc12)CC1CN(C(=O)OC(C)(C)C)C1. The van der Waals surface area contributed by atoms with Gasteiger partial charge in [-0.2, -0.15) is 5.10 Å². The Morgan fingerprint density at radius 1 is 1.31 bits per heavy atom. The molecule has 1 N–H and O–H groups in total. The van der Waals surface area contributed by atoms with Crippen LogP contribution in [0.1, 0.15) is 38.8 Å². The van der Waals surface area contributed by atoms with Gasteiger partial charge in [0.05, 0.1) is 6.54 Å². The zero-order valence-corrected chi connectivity index (χ0v) is 19.5. The lowest BCUT2D eigenvalue weighted by Crippen LogP contribution is -2.55. The Kier molecular flexibility index (Phi) is 6.50. The van der Waals surface area contributed by atoms with E-state index in [1.165, 1.54) is 16.5 Å². The number of likely N-dealkylation sites (N-methyl/N-ethyl adjacent to an activating group) is 1. The van der Waals surface area contributed by atoms with Crippen molar-refractivity contribution in [1.82, 2.24) is 29.5 Å². The number of hydrogen-bond acceptors (Lipinski definition) is 5. The van der Waals surface area contributed by atoms with Crippen LogP contribution in [0.25, 0.3) is 10.9 Å². The number of carbonyl (C=O) groups is 1. The molecular formula is C24H34N6O2. The predicted molar refractivity (Wildman–Crippen MR) is 125 cm³/mol. The van der Waals surface area contributed by atoms with E-state index >= 15 is 0 Å². The standard InChI is InChI=1S/C24H34N6O2/c1-5-28(12-19-13-29(14-19)23(31)32-24(2,3)4)9-8-20-11-26-22-7-6-18(10-21(20)22)15-30-17-25-16-27-30/h6-7,10-11,16-17,19,26H,5,8-9,12-15H2,1-4H3. The number of carbonyl (C=O) groups excluding carboxylic acids is 1. The number of benzene rings is 1. The predicted octanol–water partition coefficient (Wildman–Crippen LogP) is 3.54. The van der Waals surface area contributed by atoms with Gasteiger partial charge >= 0.3 is 6.09 Å². The van der Waals surface area contributed by atoms with Crippen LogP contribution in [0.15, 0.2) is 37.1 Å². The van der Waals surface area contributed by atoms with Gasteiger partial charge in [0.15, 0.2) is 0 Å². The zero-order valence-electron chi connectivity index (χ0n) is 19.5. The fourth-order valence-corrected chi connectivity index (χ4v) is 4.22.